The number of rotatable bonds is 13. The van der Waals surface area contributed by atoms with Crippen molar-refractivity contribution in [2.75, 3.05) is 26.2 Å². The summed E-state index contributed by atoms with van der Waals surface area (Å²) in [6.45, 7) is 18.4. The lowest BCUT2D eigenvalue weighted by Gasteiger charge is -2.39. The zero-order chi connectivity index (χ0) is 22.3. The van der Waals surface area contributed by atoms with Gasteiger partial charge in [-0.25, -0.2) is 8.42 Å². The van der Waals surface area contributed by atoms with Crippen molar-refractivity contribution < 1.29 is 17.5 Å². The fourth-order valence-corrected chi connectivity index (χ4v) is 4.42. The van der Waals surface area contributed by atoms with Crippen molar-refractivity contribution in [3.8, 4) is 0 Å². The third-order valence-electron chi connectivity index (χ3n) is 5.77. The van der Waals surface area contributed by atoms with Crippen LogP contribution in [0.1, 0.15) is 90.2 Å². The van der Waals surface area contributed by atoms with Crippen LogP contribution in [0, 0.1) is 13.8 Å². The highest BCUT2D eigenvalue weighted by Gasteiger charge is 2.24. The molecule has 0 N–H and O–H groups in total. The van der Waals surface area contributed by atoms with Gasteiger partial charge in [-0.3, -0.25) is 0 Å². The van der Waals surface area contributed by atoms with Gasteiger partial charge in [0.2, 0.25) is 0 Å². The zero-order valence-corrected chi connectivity index (χ0v) is 20.6. The van der Waals surface area contributed by atoms with Crippen molar-refractivity contribution in [3.05, 3.63) is 29.3 Å². The molecule has 170 valence electrons. The highest BCUT2D eigenvalue weighted by molar-refractivity contribution is 7.85. The van der Waals surface area contributed by atoms with Crippen LogP contribution in [0.2, 0.25) is 0 Å². The standard InChI is InChI=1S/C16H36N.C8H10O3S/c1-5-9-13-17(14-10-6-2,15-11-7-3)16-12-8-4;1-6-4-3-5-8(7(6)2)12(9,10)11/h5-16H2,1-4H3;3-5H,1-2H3,(H,9,10,11)/q+1;/p-1. The van der Waals surface area contributed by atoms with Gasteiger partial charge in [0, 0.05) is 0 Å². The number of quaternary nitrogens is 1. The molecule has 0 atom stereocenters. The maximum Gasteiger partial charge on any atom is 0.124 e. The van der Waals surface area contributed by atoms with E-state index in [4.69, 9.17) is 0 Å². The summed E-state index contributed by atoms with van der Waals surface area (Å²) in [5.74, 6) is 0. The Hall–Kier alpha value is -0.910. The monoisotopic (exact) mass is 427 g/mol. The smallest absolute Gasteiger partial charge is 0.124 e. The van der Waals surface area contributed by atoms with Gasteiger partial charge in [-0.05, 0) is 56.7 Å². The number of benzene rings is 1. The molecule has 0 aliphatic rings. The summed E-state index contributed by atoms with van der Waals surface area (Å²) in [6, 6.07) is 4.65. The Labute approximate surface area is 181 Å². The van der Waals surface area contributed by atoms with E-state index in [1.54, 1.807) is 26.0 Å². The van der Waals surface area contributed by atoms with Gasteiger partial charge in [0.05, 0.1) is 31.1 Å². The average molecular weight is 428 g/mol. The zero-order valence-electron chi connectivity index (χ0n) is 19.8. The number of hydrogen-bond acceptors (Lipinski definition) is 3. The third kappa shape index (κ3) is 11.2. The van der Waals surface area contributed by atoms with Crippen LogP contribution >= 0.6 is 0 Å². The first-order valence-corrected chi connectivity index (χ1v) is 12.9. The normalized spacial score (nSPS) is 11.8. The fourth-order valence-electron chi connectivity index (χ4n) is 3.64. The maximum absolute atomic E-state index is 10.7. The lowest BCUT2D eigenvalue weighted by atomic mass is 10.1. The van der Waals surface area contributed by atoms with E-state index >= 15 is 0 Å². The topological polar surface area (TPSA) is 57.2 Å². The van der Waals surface area contributed by atoms with Crippen LogP contribution in [0.5, 0.6) is 0 Å². The summed E-state index contributed by atoms with van der Waals surface area (Å²) in [6.07, 6.45) is 11.1. The molecule has 0 fully saturated rings. The van der Waals surface area contributed by atoms with Gasteiger partial charge in [0.25, 0.3) is 0 Å². The van der Waals surface area contributed by atoms with Crippen LogP contribution in [0.15, 0.2) is 23.1 Å². The molecule has 1 aromatic rings. The molecular formula is C24H45NO3S. The molecule has 4 nitrogen and oxygen atoms in total. The van der Waals surface area contributed by atoms with E-state index in [-0.39, 0.29) is 4.90 Å². The van der Waals surface area contributed by atoms with Crippen LogP contribution in [-0.2, 0) is 10.1 Å². The number of aryl methyl sites for hydroxylation is 1. The van der Waals surface area contributed by atoms with Gasteiger partial charge in [0.1, 0.15) is 10.1 Å². The molecule has 0 amide bonds. The van der Waals surface area contributed by atoms with E-state index in [2.05, 4.69) is 27.7 Å². The molecule has 0 saturated heterocycles. The highest BCUT2D eigenvalue weighted by atomic mass is 32.2. The Kier molecular flexibility index (Phi) is 14.5. The molecule has 29 heavy (non-hydrogen) atoms. The minimum atomic E-state index is -4.31. The second-order valence-corrected chi connectivity index (χ2v) is 9.65. The lowest BCUT2D eigenvalue weighted by molar-refractivity contribution is -0.929. The van der Waals surface area contributed by atoms with E-state index in [1.807, 2.05) is 0 Å². The van der Waals surface area contributed by atoms with Gasteiger partial charge in [-0.2, -0.15) is 0 Å². The number of unbranched alkanes of at least 4 members (excludes halogenated alkanes) is 4. The second kappa shape index (κ2) is 15.0. The van der Waals surface area contributed by atoms with Crippen molar-refractivity contribution >= 4 is 10.1 Å². The van der Waals surface area contributed by atoms with Crippen molar-refractivity contribution in [3.63, 3.8) is 0 Å². The minimum Gasteiger partial charge on any atom is -0.744 e. The van der Waals surface area contributed by atoms with Gasteiger partial charge >= 0.3 is 0 Å². The molecule has 0 aliphatic carbocycles. The predicted molar refractivity (Wildman–Crippen MR) is 123 cm³/mol. The Morgan fingerprint density at radius 2 is 1.14 bits per heavy atom. The van der Waals surface area contributed by atoms with Crippen LogP contribution in [-0.4, -0.2) is 43.6 Å². The second-order valence-electron chi connectivity index (χ2n) is 8.30. The molecule has 0 saturated carbocycles. The molecule has 0 aromatic heterocycles. The van der Waals surface area contributed by atoms with E-state index in [0.717, 1.165) is 5.56 Å². The van der Waals surface area contributed by atoms with Gasteiger partial charge in [0.15, 0.2) is 0 Å². The largest absolute Gasteiger partial charge is 0.744 e. The summed E-state index contributed by atoms with van der Waals surface area (Å²) in [4.78, 5) is -0.123. The highest BCUT2D eigenvalue weighted by Crippen LogP contribution is 2.17. The quantitative estimate of drug-likeness (QED) is 0.278. The predicted octanol–water partition coefficient (Wildman–Crippen LogP) is 6.21. The molecule has 0 spiro atoms. The van der Waals surface area contributed by atoms with Crippen molar-refractivity contribution in [1.82, 2.24) is 0 Å². The fraction of sp³-hybridized carbons (Fsp3) is 0.750. The molecule has 0 radical (unpaired) electrons. The first-order valence-electron chi connectivity index (χ1n) is 11.5. The molecule has 0 bridgehead atoms. The molecule has 0 heterocycles. The number of hydrogen-bond donors (Lipinski definition) is 0. The summed E-state index contributed by atoms with van der Waals surface area (Å²) in [5, 5.41) is 0. The minimum absolute atomic E-state index is 0.123. The van der Waals surface area contributed by atoms with Gasteiger partial charge in [-0.15, -0.1) is 0 Å². The van der Waals surface area contributed by atoms with Crippen LogP contribution in [0.4, 0.5) is 0 Å². The SMILES string of the molecule is CCCC[N+](CCCC)(CCCC)CCCC.Cc1cccc(S(=O)(=O)[O-])c1C. The Bertz CT molecular complexity index is 619. The molecular weight excluding hydrogens is 382 g/mol. The first kappa shape index (κ1) is 28.1. The molecule has 1 rings (SSSR count). The molecule has 5 heteroatoms. The van der Waals surface area contributed by atoms with Crippen molar-refractivity contribution in [2.24, 2.45) is 0 Å². The molecule has 0 unspecified atom stereocenters. The summed E-state index contributed by atoms with van der Waals surface area (Å²) in [5.41, 5.74) is 1.35. The van der Waals surface area contributed by atoms with Crippen LogP contribution in [0.3, 0.4) is 0 Å². The van der Waals surface area contributed by atoms with E-state index in [9.17, 15) is 13.0 Å². The van der Waals surface area contributed by atoms with Crippen molar-refractivity contribution in [1.29, 1.82) is 0 Å². The van der Waals surface area contributed by atoms with Gasteiger partial charge in [-0.1, -0.05) is 65.5 Å². The number of nitrogens with zero attached hydrogens (tertiary/aromatic N) is 1. The van der Waals surface area contributed by atoms with Gasteiger partial charge < -0.3 is 9.04 Å². The van der Waals surface area contributed by atoms with Crippen LogP contribution < -0.4 is 0 Å². The molecule has 1 aromatic carbocycles. The summed E-state index contributed by atoms with van der Waals surface area (Å²) < 4.78 is 33.4. The Balaban J connectivity index is 0.000000571. The van der Waals surface area contributed by atoms with E-state index in [1.165, 1.54) is 88.1 Å². The lowest BCUT2D eigenvalue weighted by Crippen LogP contribution is -2.50. The third-order valence-corrected chi connectivity index (χ3v) is 6.75. The van der Waals surface area contributed by atoms with Crippen LogP contribution in [0.25, 0.3) is 0 Å². The van der Waals surface area contributed by atoms with E-state index in [0.29, 0.717) is 5.56 Å². The summed E-state index contributed by atoms with van der Waals surface area (Å²) >= 11 is 0. The Morgan fingerprint density at radius 1 is 0.759 bits per heavy atom. The Morgan fingerprint density at radius 3 is 1.41 bits per heavy atom. The molecule has 0 aliphatic heterocycles. The first-order chi connectivity index (χ1) is 13.7. The van der Waals surface area contributed by atoms with E-state index < -0.39 is 10.1 Å². The van der Waals surface area contributed by atoms with Crippen molar-refractivity contribution in [2.45, 2.75) is 97.8 Å². The average Bonchev–Trinajstić information content (AvgIpc) is 2.68. The maximum atomic E-state index is 10.7. The summed E-state index contributed by atoms with van der Waals surface area (Å²) in [7, 11) is -4.31.